The molecular formula is C17H23NO2. The number of fused-ring (bicyclic) bond motifs is 1. The van der Waals surface area contributed by atoms with E-state index in [1.54, 1.807) is 4.90 Å². The number of carbonyl (C=O) groups excluding carboxylic acids is 2. The van der Waals surface area contributed by atoms with Crippen LogP contribution in [0.5, 0.6) is 0 Å². The van der Waals surface area contributed by atoms with Gasteiger partial charge in [-0.05, 0) is 25.5 Å². The summed E-state index contributed by atoms with van der Waals surface area (Å²) < 4.78 is 0. The average Bonchev–Trinajstić information content (AvgIpc) is 2.67. The number of rotatable bonds is 7. The molecule has 1 aromatic carbocycles. The van der Waals surface area contributed by atoms with E-state index < -0.39 is 0 Å². The van der Waals surface area contributed by atoms with Crippen LogP contribution in [0, 0.1) is 6.92 Å². The highest BCUT2D eigenvalue weighted by Gasteiger charge is 2.35. The maximum absolute atomic E-state index is 12.0. The van der Waals surface area contributed by atoms with E-state index in [0.717, 1.165) is 24.1 Å². The van der Waals surface area contributed by atoms with Gasteiger partial charge in [0.05, 0.1) is 11.3 Å². The van der Waals surface area contributed by atoms with Crippen LogP contribution in [-0.4, -0.2) is 18.2 Å². The van der Waals surface area contributed by atoms with Gasteiger partial charge in [-0.1, -0.05) is 50.7 Å². The Morgan fingerprint density at radius 3 is 2.45 bits per heavy atom. The number of amides is 1. The highest BCUT2D eigenvalue weighted by molar-refractivity contribution is 6.52. The summed E-state index contributed by atoms with van der Waals surface area (Å²) in [7, 11) is 0. The second-order valence-corrected chi connectivity index (χ2v) is 5.57. The molecule has 1 amide bonds. The third kappa shape index (κ3) is 3.09. The summed E-state index contributed by atoms with van der Waals surface area (Å²) in [6, 6.07) is 5.67. The lowest BCUT2D eigenvalue weighted by Gasteiger charge is -2.16. The first-order valence-electron chi connectivity index (χ1n) is 7.62. The van der Waals surface area contributed by atoms with Gasteiger partial charge in [0.2, 0.25) is 0 Å². The number of Topliss-reactive ketones (excluding diaryl/α,β-unsaturated/α-hetero) is 1. The molecule has 0 fully saturated rings. The van der Waals surface area contributed by atoms with Gasteiger partial charge in [0.25, 0.3) is 11.7 Å². The normalized spacial score (nSPS) is 14.0. The summed E-state index contributed by atoms with van der Waals surface area (Å²) in [5, 5.41) is 0. The highest BCUT2D eigenvalue weighted by Crippen LogP contribution is 2.29. The monoisotopic (exact) mass is 273 g/mol. The summed E-state index contributed by atoms with van der Waals surface area (Å²) in [5.41, 5.74) is 2.38. The van der Waals surface area contributed by atoms with E-state index >= 15 is 0 Å². The van der Waals surface area contributed by atoms with Crippen LogP contribution in [0.1, 0.15) is 61.4 Å². The summed E-state index contributed by atoms with van der Waals surface area (Å²) in [5.74, 6) is -0.714. The van der Waals surface area contributed by atoms with Crippen LogP contribution in [0.25, 0.3) is 0 Å². The summed E-state index contributed by atoms with van der Waals surface area (Å²) >= 11 is 0. The Kier molecular flexibility index (Phi) is 4.94. The van der Waals surface area contributed by atoms with Gasteiger partial charge in [-0.3, -0.25) is 9.59 Å². The zero-order chi connectivity index (χ0) is 14.5. The molecule has 0 atom stereocenters. The molecule has 0 saturated heterocycles. The van der Waals surface area contributed by atoms with Crippen molar-refractivity contribution >= 4 is 17.4 Å². The van der Waals surface area contributed by atoms with Crippen molar-refractivity contribution in [1.29, 1.82) is 0 Å². The zero-order valence-electron chi connectivity index (χ0n) is 12.4. The van der Waals surface area contributed by atoms with E-state index in [1.807, 2.05) is 25.1 Å². The zero-order valence-corrected chi connectivity index (χ0v) is 12.4. The molecule has 0 N–H and O–H groups in total. The topological polar surface area (TPSA) is 37.4 Å². The SMILES string of the molecule is CCCCCCCCN1C(=O)C(=O)c2cc(C)ccc21. The minimum absolute atomic E-state index is 0.352. The molecule has 0 aromatic heterocycles. The van der Waals surface area contributed by atoms with Crippen molar-refractivity contribution in [1.82, 2.24) is 0 Å². The van der Waals surface area contributed by atoms with E-state index in [1.165, 1.54) is 25.7 Å². The summed E-state index contributed by atoms with van der Waals surface area (Å²) in [4.78, 5) is 25.6. The predicted molar refractivity (Wildman–Crippen MR) is 81.2 cm³/mol. The fourth-order valence-electron chi connectivity index (χ4n) is 2.69. The fraction of sp³-hybridized carbons (Fsp3) is 0.529. The molecule has 3 nitrogen and oxygen atoms in total. The van der Waals surface area contributed by atoms with Gasteiger partial charge in [0, 0.05) is 6.54 Å². The fourth-order valence-corrected chi connectivity index (χ4v) is 2.69. The average molecular weight is 273 g/mol. The Labute approximate surface area is 121 Å². The largest absolute Gasteiger partial charge is 0.305 e. The molecular weight excluding hydrogens is 250 g/mol. The maximum Gasteiger partial charge on any atom is 0.299 e. The molecule has 0 unspecified atom stereocenters. The molecule has 1 aromatic rings. The molecule has 1 aliphatic heterocycles. The summed E-state index contributed by atoms with van der Waals surface area (Å²) in [6.07, 6.45) is 7.09. The van der Waals surface area contributed by atoms with Crippen molar-refractivity contribution in [2.24, 2.45) is 0 Å². The van der Waals surface area contributed by atoms with E-state index in [2.05, 4.69) is 6.92 Å². The van der Waals surface area contributed by atoms with Crippen molar-refractivity contribution < 1.29 is 9.59 Å². The Morgan fingerprint density at radius 1 is 1.00 bits per heavy atom. The van der Waals surface area contributed by atoms with Crippen molar-refractivity contribution in [3.63, 3.8) is 0 Å². The van der Waals surface area contributed by atoms with Crippen LogP contribution in [0.2, 0.25) is 0 Å². The molecule has 0 spiro atoms. The smallest absolute Gasteiger partial charge is 0.299 e. The second-order valence-electron chi connectivity index (χ2n) is 5.57. The number of benzene rings is 1. The lowest BCUT2D eigenvalue weighted by molar-refractivity contribution is -0.114. The molecule has 0 aliphatic carbocycles. The lowest BCUT2D eigenvalue weighted by Crippen LogP contribution is -2.30. The maximum atomic E-state index is 12.0. The van der Waals surface area contributed by atoms with Gasteiger partial charge in [0.15, 0.2) is 0 Å². The number of ketones is 1. The van der Waals surface area contributed by atoms with Gasteiger partial charge in [-0.2, -0.15) is 0 Å². The second kappa shape index (κ2) is 6.69. The third-order valence-corrected chi connectivity index (χ3v) is 3.86. The Hall–Kier alpha value is -1.64. The van der Waals surface area contributed by atoms with E-state index in [0.29, 0.717) is 12.1 Å². The molecule has 3 heteroatoms. The Balaban J connectivity index is 1.93. The minimum atomic E-state index is -0.362. The van der Waals surface area contributed by atoms with Crippen molar-refractivity contribution in [2.75, 3.05) is 11.4 Å². The molecule has 2 rings (SSSR count). The Morgan fingerprint density at radius 2 is 1.70 bits per heavy atom. The number of aryl methyl sites for hydroxylation is 1. The number of hydrogen-bond donors (Lipinski definition) is 0. The van der Waals surface area contributed by atoms with Crippen LogP contribution in [0.4, 0.5) is 5.69 Å². The number of nitrogens with zero attached hydrogens (tertiary/aromatic N) is 1. The number of hydrogen-bond acceptors (Lipinski definition) is 2. The first-order chi connectivity index (χ1) is 9.65. The summed E-state index contributed by atoms with van der Waals surface area (Å²) in [6.45, 7) is 4.80. The third-order valence-electron chi connectivity index (χ3n) is 3.86. The van der Waals surface area contributed by atoms with Crippen LogP contribution in [0.15, 0.2) is 18.2 Å². The number of unbranched alkanes of at least 4 members (excludes halogenated alkanes) is 5. The first kappa shape index (κ1) is 14.8. The molecule has 0 saturated carbocycles. The van der Waals surface area contributed by atoms with E-state index in [9.17, 15) is 9.59 Å². The van der Waals surface area contributed by atoms with Gasteiger partial charge >= 0.3 is 0 Å². The van der Waals surface area contributed by atoms with Crippen LogP contribution in [-0.2, 0) is 4.79 Å². The molecule has 1 heterocycles. The standard InChI is InChI=1S/C17H23NO2/c1-3-4-5-6-7-8-11-18-15-10-9-13(2)12-14(15)16(19)17(18)20/h9-10,12H,3-8,11H2,1-2H3. The first-order valence-corrected chi connectivity index (χ1v) is 7.62. The van der Waals surface area contributed by atoms with Crippen LogP contribution < -0.4 is 4.90 Å². The van der Waals surface area contributed by atoms with E-state index in [-0.39, 0.29) is 11.7 Å². The quantitative estimate of drug-likeness (QED) is 0.558. The van der Waals surface area contributed by atoms with Crippen molar-refractivity contribution in [2.45, 2.75) is 52.4 Å². The van der Waals surface area contributed by atoms with E-state index in [4.69, 9.17) is 0 Å². The molecule has 0 bridgehead atoms. The van der Waals surface area contributed by atoms with Gasteiger partial charge < -0.3 is 4.90 Å². The Bertz CT molecular complexity index is 508. The van der Waals surface area contributed by atoms with Crippen molar-refractivity contribution in [3.05, 3.63) is 29.3 Å². The molecule has 108 valence electrons. The van der Waals surface area contributed by atoms with Crippen LogP contribution in [0.3, 0.4) is 0 Å². The molecule has 20 heavy (non-hydrogen) atoms. The number of anilines is 1. The van der Waals surface area contributed by atoms with Gasteiger partial charge in [-0.25, -0.2) is 0 Å². The molecule has 1 aliphatic rings. The number of carbonyl (C=O) groups is 2. The highest BCUT2D eigenvalue weighted by atomic mass is 16.2. The van der Waals surface area contributed by atoms with Gasteiger partial charge in [-0.15, -0.1) is 0 Å². The lowest BCUT2D eigenvalue weighted by atomic mass is 10.1. The van der Waals surface area contributed by atoms with Crippen LogP contribution >= 0.6 is 0 Å². The molecule has 0 radical (unpaired) electrons. The predicted octanol–water partition coefficient (Wildman–Crippen LogP) is 3.88. The van der Waals surface area contributed by atoms with Gasteiger partial charge in [0.1, 0.15) is 0 Å². The minimum Gasteiger partial charge on any atom is -0.305 e. The van der Waals surface area contributed by atoms with Crippen molar-refractivity contribution in [3.8, 4) is 0 Å².